The van der Waals surface area contributed by atoms with Gasteiger partial charge in [0.1, 0.15) is 30.2 Å². The molecule has 16 nitrogen and oxygen atoms in total. The minimum Gasteiger partial charge on any atom is -0.492 e. The molecule has 1 spiro atoms. The Labute approximate surface area is 372 Å². The molecule has 64 heavy (non-hydrogen) atoms. The van der Waals surface area contributed by atoms with Crippen LogP contribution in [-0.4, -0.2) is 125 Å². The van der Waals surface area contributed by atoms with Gasteiger partial charge in [-0.2, -0.15) is 5.26 Å². The maximum absolute atomic E-state index is 13.9. The van der Waals surface area contributed by atoms with Crippen LogP contribution in [-0.2, 0) is 16.1 Å². The number of ether oxygens (including phenoxy) is 1. The third kappa shape index (κ3) is 8.22. The van der Waals surface area contributed by atoms with Crippen molar-refractivity contribution in [2.75, 3.05) is 56.2 Å². The van der Waals surface area contributed by atoms with E-state index in [4.69, 9.17) is 16.3 Å². The average Bonchev–Trinajstić information content (AvgIpc) is 3.72. The van der Waals surface area contributed by atoms with Crippen molar-refractivity contribution < 1.29 is 37.5 Å². The first-order chi connectivity index (χ1) is 30.8. The highest BCUT2D eigenvalue weighted by atomic mass is 35.5. The van der Waals surface area contributed by atoms with Crippen LogP contribution in [0.3, 0.4) is 0 Å². The van der Waals surface area contributed by atoms with Crippen molar-refractivity contribution in [1.29, 1.82) is 5.26 Å². The molecular formula is C45H47ClF2N10O6. The normalized spacial score (nSPS) is 22.1. The summed E-state index contributed by atoms with van der Waals surface area (Å²) in [6.45, 7) is 3.60. The van der Waals surface area contributed by atoms with Crippen LogP contribution >= 0.6 is 11.6 Å². The highest BCUT2D eigenvalue weighted by molar-refractivity contribution is 6.32. The number of piperidine rings is 2. The van der Waals surface area contributed by atoms with E-state index in [1.807, 2.05) is 25.2 Å². The Hall–Kier alpha value is -6.19. The molecule has 0 bridgehead atoms. The monoisotopic (exact) mass is 896 g/mol. The summed E-state index contributed by atoms with van der Waals surface area (Å²) in [6, 6.07) is 15.1. The molecular weight excluding hydrogens is 850 g/mol. The lowest BCUT2D eigenvalue weighted by Crippen LogP contribution is -2.61. The lowest BCUT2D eigenvalue weighted by atomic mass is 9.72. The highest BCUT2D eigenvalue weighted by Crippen LogP contribution is 2.42. The number of imide groups is 2. The van der Waals surface area contributed by atoms with Crippen molar-refractivity contribution in [3.63, 3.8) is 0 Å². The molecule has 5 aliphatic rings. The van der Waals surface area contributed by atoms with Crippen molar-refractivity contribution >= 4 is 63.5 Å². The first kappa shape index (κ1) is 43.1. The Balaban J connectivity index is 0.725. The number of fused-ring (bicyclic) bond motifs is 3. The molecule has 2 N–H and O–H groups in total. The maximum atomic E-state index is 13.9. The number of carbonyl (C=O) groups is 5. The molecule has 1 aliphatic carbocycles. The molecule has 3 saturated heterocycles. The number of aromatic nitrogens is 3. The van der Waals surface area contributed by atoms with E-state index in [2.05, 4.69) is 41.6 Å². The number of hydrogen-bond donors (Lipinski definition) is 2. The number of nitriles is 1. The van der Waals surface area contributed by atoms with Gasteiger partial charge in [-0.05, 0) is 100 Å². The van der Waals surface area contributed by atoms with Gasteiger partial charge in [-0.3, -0.25) is 39.1 Å². The molecule has 19 heteroatoms. The minimum atomic E-state index is -2.82. The van der Waals surface area contributed by atoms with E-state index < -0.39 is 42.6 Å². The summed E-state index contributed by atoms with van der Waals surface area (Å²) in [5, 5.41) is 23.9. The van der Waals surface area contributed by atoms with Crippen molar-refractivity contribution in [1.82, 2.24) is 35.2 Å². The third-order valence-corrected chi connectivity index (χ3v) is 14.0. The van der Waals surface area contributed by atoms with Crippen LogP contribution in [0.1, 0.15) is 88.3 Å². The summed E-state index contributed by atoms with van der Waals surface area (Å²) in [7, 11) is 2.03. The van der Waals surface area contributed by atoms with Crippen molar-refractivity contribution in [2.45, 2.75) is 82.5 Å². The van der Waals surface area contributed by atoms with E-state index in [0.29, 0.717) is 40.9 Å². The number of hydrogen-bond acceptors (Lipinski definition) is 12. The molecule has 1 saturated carbocycles. The largest absolute Gasteiger partial charge is 0.492 e. The minimum absolute atomic E-state index is 0.0379. The van der Waals surface area contributed by atoms with E-state index in [9.17, 15) is 38.0 Å². The number of nitrogens with zero attached hydrogens (tertiary/aromatic N) is 8. The maximum Gasteiger partial charge on any atom is 0.278 e. The summed E-state index contributed by atoms with van der Waals surface area (Å²) in [5.41, 5.74) is 1.89. The Morgan fingerprint density at radius 3 is 2.45 bits per heavy atom. The van der Waals surface area contributed by atoms with Crippen molar-refractivity contribution in [3.05, 3.63) is 76.1 Å². The van der Waals surface area contributed by atoms with Gasteiger partial charge in [-0.1, -0.05) is 11.6 Å². The van der Waals surface area contributed by atoms with Crippen LogP contribution in [0, 0.1) is 16.7 Å². The fourth-order valence-electron chi connectivity index (χ4n) is 10.0. The Kier molecular flexibility index (Phi) is 11.7. The van der Waals surface area contributed by atoms with Gasteiger partial charge in [-0.25, -0.2) is 8.78 Å². The standard InChI is InChI=1S/C45H47ClF2N10O6/c1-54(29-5-2-26(22-49)32(46)20-29)28-6-3-27(4-7-28)50-41(60)33-10-12-37(53-52-33)56-24-45(25-56)14-16-55(17-15-45)18-19-64-30-8-9-31-35(21-30)57(23-36(47)48)40-39(31)43(62)58(44(40)63)34-11-13-38(59)51-42(34)61/h2,5,8-10,12,20-21,27-28,34,36H,3-4,6-7,11,13-19,23-25H2,1H3,(H,50,60)(H,51,59,61). The van der Waals surface area contributed by atoms with E-state index in [1.54, 1.807) is 30.3 Å². The number of alkyl halides is 2. The SMILES string of the molecule is CN(c1ccc(C#N)c(Cl)c1)C1CCC(NC(=O)c2ccc(N3CC4(CCN(CCOc5ccc6c7c(n(CC(F)F)c6c5)C(=O)N(C5CCC(=O)NC5=O)C7=O)CC4)C3)nn2)CC1. The highest BCUT2D eigenvalue weighted by Gasteiger charge is 2.48. The van der Waals surface area contributed by atoms with Gasteiger partial charge in [0.2, 0.25) is 11.8 Å². The van der Waals surface area contributed by atoms with Crippen LogP contribution in [0.15, 0.2) is 48.5 Å². The quantitative estimate of drug-likeness (QED) is 0.186. The predicted octanol–water partition coefficient (Wildman–Crippen LogP) is 4.78. The molecule has 9 rings (SSSR count). The first-order valence-corrected chi connectivity index (χ1v) is 22.0. The number of carbonyl (C=O) groups excluding carboxylic acids is 5. The van der Waals surface area contributed by atoms with Gasteiger partial charge >= 0.3 is 0 Å². The van der Waals surface area contributed by atoms with Crippen LogP contribution in [0.2, 0.25) is 5.02 Å². The van der Waals surface area contributed by atoms with Gasteiger partial charge in [0, 0.05) is 67.7 Å². The second-order valence-corrected chi connectivity index (χ2v) is 17.9. The smallest absolute Gasteiger partial charge is 0.278 e. The zero-order valence-corrected chi connectivity index (χ0v) is 36.0. The van der Waals surface area contributed by atoms with E-state index >= 15 is 0 Å². The number of benzene rings is 2. The summed E-state index contributed by atoms with van der Waals surface area (Å²) in [4.78, 5) is 71.9. The molecule has 0 radical (unpaired) electrons. The first-order valence-electron chi connectivity index (χ1n) is 21.6. The zero-order chi connectivity index (χ0) is 44.9. The van der Waals surface area contributed by atoms with Crippen LogP contribution < -0.4 is 25.2 Å². The van der Waals surface area contributed by atoms with Gasteiger partial charge in [-0.15, -0.1) is 10.2 Å². The summed E-state index contributed by atoms with van der Waals surface area (Å²) >= 11 is 6.26. The van der Waals surface area contributed by atoms with Crippen LogP contribution in [0.4, 0.5) is 20.3 Å². The average molecular weight is 897 g/mol. The predicted molar refractivity (Wildman–Crippen MR) is 231 cm³/mol. The second kappa shape index (κ2) is 17.4. The number of nitrogens with one attached hydrogen (secondary N) is 2. The molecule has 1 atom stereocenters. The van der Waals surface area contributed by atoms with Crippen molar-refractivity contribution in [2.24, 2.45) is 5.41 Å². The molecule has 4 aromatic rings. The zero-order valence-electron chi connectivity index (χ0n) is 35.2. The molecule has 4 fully saturated rings. The molecule has 334 valence electrons. The number of anilines is 2. The number of rotatable bonds is 12. The lowest BCUT2D eigenvalue weighted by Gasteiger charge is -2.54. The second-order valence-electron chi connectivity index (χ2n) is 17.5. The third-order valence-electron chi connectivity index (χ3n) is 13.6. The molecule has 2 aromatic carbocycles. The van der Waals surface area contributed by atoms with Gasteiger partial charge < -0.3 is 24.4 Å². The van der Waals surface area contributed by atoms with Gasteiger partial charge in [0.15, 0.2) is 11.5 Å². The Morgan fingerprint density at radius 2 is 1.78 bits per heavy atom. The van der Waals surface area contributed by atoms with Crippen LogP contribution in [0.5, 0.6) is 5.75 Å². The summed E-state index contributed by atoms with van der Waals surface area (Å²) in [6.07, 6.45) is 2.55. The Morgan fingerprint density at radius 1 is 1.02 bits per heavy atom. The lowest BCUT2D eigenvalue weighted by molar-refractivity contribution is -0.136. The number of amides is 5. The number of likely N-dealkylation sites (tertiary alicyclic amines) is 1. The van der Waals surface area contributed by atoms with Crippen molar-refractivity contribution in [3.8, 4) is 11.8 Å². The molecule has 5 amide bonds. The fraction of sp³-hybridized carbons (Fsp3) is 0.467. The van der Waals surface area contributed by atoms with E-state index in [1.165, 1.54) is 0 Å². The number of halogens is 3. The van der Waals surface area contributed by atoms with Gasteiger partial charge in [0.05, 0.1) is 28.2 Å². The molecule has 1 unspecified atom stereocenters. The van der Waals surface area contributed by atoms with E-state index in [0.717, 1.165) is 85.7 Å². The fourth-order valence-corrected chi connectivity index (χ4v) is 10.2. The summed E-state index contributed by atoms with van der Waals surface area (Å²) in [5.74, 6) is -1.96. The summed E-state index contributed by atoms with van der Waals surface area (Å²) < 4.78 is 34.9. The van der Waals surface area contributed by atoms with Crippen LogP contribution in [0.25, 0.3) is 10.9 Å². The molecule has 2 aromatic heterocycles. The topological polar surface area (TPSA) is 186 Å². The Bertz CT molecular complexity index is 2560. The molecule has 4 aliphatic heterocycles. The molecule has 6 heterocycles. The van der Waals surface area contributed by atoms with E-state index in [-0.39, 0.29) is 52.7 Å². The van der Waals surface area contributed by atoms with Gasteiger partial charge in [0.25, 0.3) is 24.1 Å².